The monoisotopic (exact) mass is 361 g/mol. The molecule has 0 aliphatic carbocycles. The third kappa shape index (κ3) is 5.14. The van der Waals surface area contributed by atoms with Crippen LogP contribution in [0.2, 0.25) is 0 Å². The van der Waals surface area contributed by atoms with Crippen molar-refractivity contribution >= 4 is 10.0 Å². The molecule has 130 valence electrons. The second kappa shape index (κ2) is 7.10. The van der Waals surface area contributed by atoms with Crippen LogP contribution in [-0.4, -0.2) is 21.9 Å². The zero-order valence-electron chi connectivity index (χ0n) is 12.5. The van der Waals surface area contributed by atoms with Crippen LogP contribution in [0.4, 0.5) is 13.2 Å². The lowest BCUT2D eigenvalue weighted by molar-refractivity contribution is -0.274. The van der Waals surface area contributed by atoms with Gasteiger partial charge in [0, 0.05) is 12.6 Å². The predicted molar refractivity (Wildman–Crippen MR) is 80.1 cm³/mol. The van der Waals surface area contributed by atoms with E-state index in [4.69, 9.17) is 4.74 Å². The van der Waals surface area contributed by atoms with Gasteiger partial charge in [-0.2, -0.15) is 0 Å². The molecule has 0 unspecified atom stereocenters. The molecule has 0 aliphatic heterocycles. The van der Waals surface area contributed by atoms with E-state index in [1.54, 1.807) is 24.3 Å². The SMILES string of the molecule is COc1cccc(CNS(=O)(=O)c2cccc(OC(F)(F)F)c2)c1. The Labute approximate surface area is 137 Å². The molecular weight excluding hydrogens is 347 g/mol. The summed E-state index contributed by atoms with van der Waals surface area (Å²) in [6.07, 6.45) is -4.89. The first-order valence-corrected chi connectivity index (χ1v) is 8.16. The van der Waals surface area contributed by atoms with Crippen molar-refractivity contribution in [3.63, 3.8) is 0 Å². The van der Waals surface area contributed by atoms with Gasteiger partial charge in [-0.3, -0.25) is 0 Å². The first kappa shape index (κ1) is 18.1. The smallest absolute Gasteiger partial charge is 0.497 e. The van der Waals surface area contributed by atoms with Crippen LogP contribution in [-0.2, 0) is 16.6 Å². The van der Waals surface area contributed by atoms with Crippen molar-refractivity contribution in [2.24, 2.45) is 0 Å². The molecule has 0 fully saturated rings. The van der Waals surface area contributed by atoms with Gasteiger partial charge in [0.15, 0.2) is 0 Å². The second-order valence-corrected chi connectivity index (χ2v) is 6.47. The fourth-order valence-corrected chi connectivity index (χ4v) is 2.93. The van der Waals surface area contributed by atoms with Crippen LogP contribution in [0.25, 0.3) is 0 Å². The van der Waals surface area contributed by atoms with Crippen LogP contribution in [0, 0.1) is 0 Å². The minimum Gasteiger partial charge on any atom is -0.497 e. The van der Waals surface area contributed by atoms with E-state index in [0.717, 1.165) is 12.1 Å². The van der Waals surface area contributed by atoms with E-state index in [1.807, 2.05) is 0 Å². The number of sulfonamides is 1. The van der Waals surface area contributed by atoms with Crippen molar-refractivity contribution in [2.45, 2.75) is 17.8 Å². The normalized spacial score (nSPS) is 12.0. The van der Waals surface area contributed by atoms with Gasteiger partial charge in [0.25, 0.3) is 0 Å². The first-order chi connectivity index (χ1) is 11.2. The quantitative estimate of drug-likeness (QED) is 0.859. The van der Waals surface area contributed by atoms with Crippen LogP contribution in [0.1, 0.15) is 5.56 Å². The highest BCUT2D eigenvalue weighted by Gasteiger charge is 2.31. The van der Waals surface area contributed by atoms with Crippen molar-refractivity contribution in [1.82, 2.24) is 4.72 Å². The Morgan fingerprint density at radius 1 is 1.04 bits per heavy atom. The van der Waals surface area contributed by atoms with E-state index in [9.17, 15) is 21.6 Å². The molecule has 0 heterocycles. The van der Waals surface area contributed by atoms with Gasteiger partial charge < -0.3 is 9.47 Å². The maximum Gasteiger partial charge on any atom is 0.573 e. The summed E-state index contributed by atoms with van der Waals surface area (Å²) in [7, 11) is -2.51. The first-order valence-electron chi connectivity index (χ1n) is 6.68. The summed E-state index contributed by atoms with van der Waals surface area (Å²) in [4.78, 5) is -0.327. The summed E-state index contributed by atoms with van der Waals surface area (Å²) in [6, 6.07) is 10.9. The van der Waals surface area contributed by atoms with Gasteiger partial charge in [-0.1, -0.05) is 18.2 Å². The van der Waals surface area contributed by atoms with Gasteiger partial charge in [-0.05, 0) is 29.8 Å². The Morgan fingerprint density at radius 3 is 2.38 bits per heavy atom. The molecular formula is C15H14F3NO4S. The second-order valence-electron chi connectivity index (χ2n) is 4.70. The molecule has 0 amide bonds. The third-order valence-corrected chi connectivity index (χ3v) is 4.35. The highest BCUT2D eigenvalue weighted by Crippen LogP contribution is 2.25. The molecule has 1 N–H and O–H groups in total. The van der Waals surface area contributed by atoms with Gasteiger partial charge >= 0.3 is 6.36 Å². The largest absolute Gasteiger partial charge is 0.573 e. The zero-order valence-corrected chi connectivity index (χ0v) is 13.3. The number of methoxy groups -OCH3 is 1. The summed E-state index contributed by atoms with van der Waals surface area (Å²) in [5, 5.41) is 0. The lowest BCUT2D eigenvalue weighted by atomic mass is 10.2. The molecule has 2 aromatic carbocycles. The van der Waals surface area contributed by atoms with E-state index >= 15 is 0 Å². The van der Waals surface area contributed by atoms with Crippen molar-refractivity contribution in [1.29, 1.82) is 0 Å². The van der Waals surface area contributed by atoms with E-state index in [1.165, 1.54) is 19.2 Å². The number of nitrogens with one attached hydrogen (secondary N) is 1. The molecule has 0 aromatic heterocycles. The van der Waals surface area contributed by atoms with E-state index in [0.29, 0.717) is 11.3 Å². The molecule has 0 spiro atoms. The minimum atomic E-state index is -4.89. The molecule has 5 nitrogen and oxygen atoms in total. The van der Waals surface area contributed by atoms with Crippen molar-refractivity contribution < 1.29 is 31.1 Å². The third-order valence-electron chi connectivity index (χ3n) is 2.95. The fourth-order valence-electron chi connectivity index (χ4n) is 1.88. The fraction of sp³-hybridized carbons (Fsp3) is 0.200. The van der Waals surface area contributed by atoms with Crippen molar-refractivity contribution in [3.8, 4) is 11.5 Å². The maximum atomic E-state index is 12.2. The molecule has 0 bridgehead atoms. The highest BCUT2D eigenvalue weighted by atomic mass is 32.2. The molecule has 0 aliphatic rings. The van der Waals surface area contributed by atoms with E-state index < -0.39 is 22.1 Å². The van der Waals surface area contributed by atoms with Gasteiger partial charge in [-0.15, -0.1) is 13.2 Å². The van der Waals surface area contributed by atoms with Crippen LogP contribution in [0.15, 0.2) is 53.4 Å². The predicted octanol–water partition coefficient (Wildman–Crippen LogP) is 3.07. The number of halogens is 3. The lowest BCUT2D eigenvalue weighted by Crippen LogP contribution is -2.23. The number of hydrogen-bond acceptors (Lipinski definition) is 4. The summed E-state index contributed by atoms with van der Waals surface area (Å²) in [6.45, 7) is -0.0378. The van der Waals surface area contributed by atoms with Crippen molar-refractivity contribution in [2.75, 3.05) is 7.11 Å². The Bertz CT molecular complexity index is 806. The number of alkyl halides is 3. The number of hydrogen-bond donors (Lipinski definition) is 1. The Kier molecular flexibility index (Phi) is 5.35. The van der Waals surface area contributed by atoms with E-state index in [-0.39, 0.29) is 11.4 Å². The van der Waals surface area contributed by atoms with Crippen LogP contribution in [0.3, 0.4) is 0 Å². The summed E-state index contributed by atoms with van der Waals surface area (Å²) < 4.78 is 72.1. The Balaban J connectivity index is 2.13. The van der Waals surface area contributed by atoms with Gasteiger partial charge in [0.05, 0.1) is 12.0 Å². The van der Waals surface area contributed by atoms with E-state index in [2.05, 4.69) is 9.46 Å². The lowest BCUT2D eigenvalue weighted by Gasteiger charge is -2.11. The molecule has 2 rings (SSSR count). The molecule has 0 saturated carbocycles. The zero-order chi connectivity index (χ0) is 17.8. The maximum absolute atomic E-state index is 12.2. The highest BCUT2D eigenvalue weighted by molar-refractivity contribution is 7.89. The summed E-state index contributed by atoms with van der Waals surface area (Å²) >= 11 is 0. The van der Waals surface area contributed by atoms with Crippen LogP contribution in [0.5, 0.6) is 11.5 Å². The summed E-state index contributed by atoms with van der Waals surface area (Å²) in [5.41, 5.74) is 0.639. The standard InChI is InChI=1S/C15H14F3NO4S/c1-22-12-5-2-4-11(8-12)10-19-24(20,21)14-7-3-6-13(9-14)23-15(16,17)18/h2-9,19H,10H2,1H3. The number of rotatable bonds is 6. The van der Waals surface area contributed by atoms with Gasteiger partial charge in [-0.25, -0.2) is 13.1 Å². The van der Waals surface area contributed by atoms with Crippen LogP contribution < -0.4 is 14.2 Å². The van der Waals surface area contributed by atoms with Crippen molar-refractivity contribution in [3.05, 3.63) is 54.1 Å². The van der Waals surface area contributed by atoms with Gasteiger partial charge in [0.2, 0.25) is 10.0 Å². The number of benzene rings is 2. The molecule has 0 radical (unpaired) electrons. The topological polar surface area (TPSA) is 64.6 Å². The minimum absolute atomic E-state index is 0.0378. The number of ether oxygens (including phenoxy) is 2. The molecule has 2 aromatic rings. The molecule has 0 saturated heterocycles. The Hall–Kier alpha value is -2.26. The van der Waals surface area contributed by atoms with Crippen LogP contribution >= 0.6 is 0 Å². The average Bonchev–Trinajstić information content (AvgIpc) is 2.52. The molecule has 9 heteroatoms. The molecule has 24 heavy (non-hydrogen) atoms. The average molecular weight is 361 g/mol. The van der Waals surface area contributed by atoms with Gasteiger partial charge in [0.1, 0.15) is 11.5 Å². The summed E-state index contributed by atoms with van der Waals surface area (Å²) in [5.74, 6) is -0.0426. The molecule has 0 atom stereocenters. The Morgan fingerprint density at radius 2 is 1.71 bits per heavy atom.